The average Bonchev–Trinajstić information content (AvgIpc) is 3.63. The van der Waals surface area contributed by atoms with Crippen LogP contribution >= 0.6 is 11.3 Å². The molecule has 0 aliphatic carbocycles. The van der Waals surface area contributed by atoms with Crippen molar-refractivity contribution >= 4 is 35.1 Å². The molecule has 0 radical (unpaired) electrons. The third-order valence-electron chi connectivity index (χ3n) is 7.92. The molecule has 3 aliphatic rings. The Labute approximate surface area is 211 Å². The monoisotopic (exact) mass is 491 g/mol. The highest BCUT2D eigenvalue weighted by molar-refractivity contribution is 7.08. The van der Waals surface area contributed by atoms with Crippen LogP contribution in [0.25, 0.3) is 6.08 Å². The van der Waals surface area contributed by atoms with E-state index in [1.807, 2.05) is 55.8 Å². The summed E-state index contributed by atoms with van der Waals surface area (Å²) >= 11 is 1.62. The van der Waals surface area contributed by atoms with E-state index in [0.29, 0.717) is 19.5 Å². The van der Waals surface area contributed by atoms with Gasteiger partial charge in [0.15, 0.2) is 0 Å². The van der Waals surface area contributed by atoms with E-state index in [1.54, 1.807) is 17.4 Å². The van der Waals surface area contributed by atoms with Gasteiger partial charge in [-0.15, -0.1) is 0 Å². The molecule has 5 rings (SSSR count). The zero-order chi connectivity index (χ0) is 24.3. The minimum absolute atomic E-state index is 0.0667. The van der Waals surface area contributed by atoms with E-state index in [9.17, 15) is 14.4 Å². The molecule has 4 heterocycles. The predicted molar refractivity (Wildman–Crippen MR) is 138 cm³/mol. The number of likely N-dealkylation sites (tertiary alicyclic amines) is 3. The minimum Gasteiger partial charge on any atom is -0.342 e. The molecule has 3 saturated heterocycles. The first kappa shape index (κ1) is 23.8. The SMILES string of the molecule is O=C(C=Cc1ccsc1)N1CCC2(CC1)CCN(C(=O)C1CC(=O)N(CCc3ccccc3)C1)C2. The quantitative estimate of drug-likeness (QED) is 0.579. The highest BCUT2D eigenvalue weighted by Gasteiger charge is 2.45. The highest BCUT2D eigenvalue weighted by atomic mass is 32.1. The Kier molecular flexibility index (Phi) is 7.04. The Balaban J connectivity index is 1.10. The summed E-state index contributed by atoms with van der Waals surface area (Å²) in [5.74, 6) is 0.0690. The second-order valence-corrected chi connectivity index (χ2v) is 11.0. The van der Waals surface area contributed by atoms with Crippen molar-refractivity contribution in [2.45, 2.75) is 32.1 Å². The lowest BCUT2D eigenvalue weighted by molar-refractivity contribution is -0.135. The van der Waals surface area contributed by atoms with Gasteiger partial charge >= 0.3 is 0 Å². The Morgan fingerprint density at radius 3 is 2.49 bits per heavy atom. The number of thiophene rings is 1. The molecule has 6 nitrogen and oxygen atoms in total. The molecule has 1 aromatic heterocycles. The third kappa shape index (κ3) is 5.50. The van der Waals surface area contributed by atoms with Gasteiger partial charge in [-0.25, -0.2) is 0 Å². The summed E-state index contributed by atoms with van der Waals surface area (Å²) in [5.41, 5.74) is 2.38. The Morgan fingerprint density at radius 1 is 1.03 bits per heavy atom. The van der Waals surface area contributed by atoms with Crippen LogP contribution in [0.3, 0.4) is 0 Å². The molecule has 3 amide bonds. The summed E-state index contributed by atoms with van der Waals surface area (Å²) in [6.45, 7) is 4.20. The van der Waals surface area contributed by atoms with E-state index >= 15 is 0 Å². The Hall–Kier alpha value is -2.93. The third-order valence-corrected chi connectivity index (χ3v) is 8.63. The number of nitrogens with zero attached hydrogens (tertiary/aromatic N) is 3. The van der Waals surface area contributed by atoms with Crippen LogP contribution in [-0.2, 0) is 20.8 Å². The first-order valence-corrected chi connectivity index (χ1v) is 13.6. The van der Waals surface area contributed by atoms with Gasteiger partial charge in [0, 0.05) is 51.8 Å². The Bertz CT molecular complexity index is 1070. The van der Waals surface area contributed by atoms with E-state index in [-0.39, 0.29) is 29.1 Å². The number of hydrogen-bond donors (Lipinski definition) is 0. The second kappa shape index (κ2) is 10.4. The minimum atomic E-state index is -0.225. The zero-order valence-electron chi connectivity index (χ0n) is 20.1. The van der Waals surface area contributed by atoms with Crippen molar-refractivity contribution in [3.05, 3.63) is 64.4 Å². The van der Waals surface area contributed by atoms with E-state index in [4.69, 9.17) is 0 Å². The smallest absolute Gasteiger partial charge is 0.246 e. The molecule has 3 fully saturated rings. The first-order valence-electron chi connectivity index (χ1n) is 12.6. The topological polar surface area (TPSA) is 60.9 Å². The predicted octanol–water partition coefficient (Wildman–Crippen LogP) is 3.69. The highest BCUT2D eigenvalue weighted by Crippen LogP contribution is 2.41. The van der Waals surface area contributed by atoms with Gasteiger partial charge in [-0.3, -0.25) is 14.4 Å². The molecule has 0 bridgehead atoms. The molecule has 1 unspecified atom stereocenters. The standard InChI is InChI=1S/C28H33N3O3S/c32-25(7-6-23-9-17-35-20-23)29-14-10-28(11-15-29)12-16-31(21-28)27(34)24-18-26(33)30(19-24)13-8-22-4-2-1-3-5-22/h1-7,9,17,20,24H,8,10-16,18-19,21H2. The molecule has 0 saturated carbocycles. The van der Waals surface area contributed by atoms with Crippen molar-refractivity contribution < 1.29 is 14.4 Å². The molecule has 0 N–H and O–H groups in total. The van der Waals surface area contributed by atoms with Crippen molar-refractivity contribution in [3.8, 4) is 0 Å². The molecule has 1 spiro atoms. The van der Waals surface area contributed by atoms with Gasteiger partial charge in [-0.1, -0.05) is 30.3 Å². The van der Waals surface area contributed by atoms with Crippen LogP contribution in [0.4, 0.5) is 0 Å². The lowest BCUT2D eigenvalue weighted by atomic mass is 9.77. The van der Waals surface area contributed by atoms with Crippen molar-refractivity contribution in [2.24, 2.45) is 11.3 Å². The largest absolute Gasteiger partial charge is 0.342 e. The normalized spacial score (nSPS) is 22.0. The molecule has 184 valence electrons. The summed E-state index contributed by atoms with van der Waals surface area (Å²) < 4.78 is 0. The summed E-state index contributed by atoms with van der Waals surface area (Å²) in [6.07, 6.45) is 7.55. The summed E-state index contributed by atoms with van der Waals surface area (Å²) in [7, 11) is 0. The first-order chi connectivity index (χ1) is 17.0. The maximum atomic E-state index is 13.3. The van der Waals surface area contributed by atoms with Crippen LogP contribution in [0.15, 0.2) is 53.2 Å². The number of carbonyl (C=O) groups excluding carboxylic acids is 3. The van der Waals surface area contributed by atoms with Crippen molar-refractivity contribution in [3.63, 3.8) is 0 Å². The maximum Gasteiger partial charge on any atom is 0.246 e. The van der Waals surface area contributed by atoms with Crippen LogP contribution in [0.5, 0.6) is 0 Å². The van der Waals surface area contributed by atoms with Gasteiger partial charge in [-0.05, 0) is 65.1 Å². The fourth-order valence-electron chi connectivity index (χ4n) is 5.70. The molecule has 1 atom stereocenters. The lowest BCUT2D eigenvalue weighted by Gasteiger charge is -2.39. The van der Waals surface area contributed by atoms with Crippen LogP contribution in [0.1, 0.15) is 36.8 Å². The maximum absolute atomic E-state index is 13.3. The molecule has 2 aromatic rings. The average molecular weight is 492 g/mol. The summed E-state index contributed by atoms with van der Waals surface area (Å²) in [6, 6.07) is 12.2. The van der Waals surface area contributed by atoms with Crippen LogP contribution in [0.2, 0.25) is 0 Å². The van der Waals surface area contributed by atoms with Gasteiger partial charge in [0.05, 0.1) is 5.92 Å². The number of carbonyl (C=O) groups is 3. The van der Waals surface area contributed by atoms with Gasteiger partial charge in [0.25, 0.3) is 0 Å². The number of rotatable bonds is 6. The molecule has 35 heavy (non-hydrogen) atoms. The van der Waals surface area contributed by atoms with Gasteiger partial charge in [0.1, 0.15) is 0 Å². The number of piperidine rings is 1. The van der Waals surface area contributed by atoms with Gasteiger partial charge < -0.3 is 14.7 Å². The van der Waals surface area contributed by atoms with Gasteiger partial charge in [0.2, 0.25) is 17.7 Å². The zero-order valence-corrected chi connectivity index (χ0v) is 20.9. The lowest BCUT2D eigenvalue weighted by Crippen LogP contribution is -2.44. The molecule has 7 heteroatoms. The molecular weight excluding hydrogens is 458 g/mol. The van der Waals surface area contributed by atoms with E-state index < -0.39 is 0 Å². The van der Waals surface area contributed by atoms with Gasteiger partial charge in [-0.2, -0.15) is 11.3 Å². The van der Waals surface area contributed by atoms with Crippen LogP contribution < -0.4 is 0 Å². The van der Waals surface area contributed by atoms with Crippen molar-refractivity contribution in [1.82, 2.24) is 14.7 Å². The molecular formula is C28H33N3O3S. The van der Waals surface area contributed by atoms with E-state index in [2.05, 4.69) is 12.1 Å². The molecule has 1 aromatic carbocycles. The number of hydrogen-bond acceptors (Lipinski definition) is 4. The number of amides is 3. The van der Waals surface area contributed by atoms with Crippen LogP contribution in [0, 0.1) is 11.3 Å². The summed E-state index contributed by atoms with van der Waals surface area (Å²) in [4.78, 5) is 44.2. The second-order valence-electron chi connectivity index (χ2n) is 10.2. The fourth-order valence-corrected chi connectivity index (χ4v) is 6.32. The number of benzene rings is 1. The van der Waals surface area contributed by atoms with Crippen molar-refractivity contribution in [2.75, 3.05) is 39.3 Å². The van der Waals surface area contributed by atoms with E-state index in [1.165, 1.54) is 5.56 Å². The van der Waals surface area contributed by atoms with Crippen LogP contribution in [-0.4, -0.2) is 71.7 Å². The molecule has 3 aliphatic heterocycles. The van der Waals surface area contributed by atoms with Crippen molar-refractivity contribution in [1.29, 1.82) is 0 Å². The Morgan fingerprint density at radius 2 is 1.77 bits per heavy atom. The summed E-state index contributed by atoms with van der Waals surface area (Å²) in [5, 5.41) is 4.03. The van der Waals surface area contributed by atoms with E-state index in [0.717, 1.165) is 57.4 Å². The fraction of sp³-hybridized carbons (Fsp3) is 0.464.